The second-order valence-electron chi connectivity index (χ2n) is 4.72. The molecule has 0 aromatic carbocycles. The van der Waals surface area contributed by atoms with Gasteiger partial charge in [-0.05, 0) is 31.5 Å². The van der Waals surface area contributed by atoms with Crippen molar-refractivity contribution in [2.24, 2.45) is 0 Å². The number of methoxy groups -OCH3 is 1. The molecule has 0 bridgehead atoms. The maximum atomic E-state index is 12.4. The van der Waals surface area contributed by atoms with E-state index >= 15 is 0 Å². The number of nitrogens with one attached hydrogen (secondary N) is 1. The van der Waals surface area contributed by atoms with Gasteiger partial charge in [-0.15, -0.1) is 0 Å². The molecule has 2 rings (SSSR count). The van der Waals surface area contributed by atoms with Gasteiger partial charge in [0, 0.05) is 19.9 Å². The molecule has 104 valence electrons. The molecule has 1 atom stereocenters. The first-order valence-electron chi connectivity index (χ1n) is 6.72. The molecule has 2 heterocycles. The zero-order valence-electron chi connectivity index (χ0n) is 11.3. The van der Waals surface area contributed by atoms with E-state index in [1.165, 1.54) is 0 Å². The number of pyridine rings is 1. The number of amides is 1. The first-order chi connectivity index (χ1) is 9.31. The Morgan fingerprint density at radius 1 is 1.58 bits per heavy atom. The number of aromatic nitrogens is 1. The van der Waals surface area contributed by atoms with Gasteiger partial charge in [-0.3, -0.25) is 9.78 Å². The molecule has 1 fully saturated rings. The summed E-state index contributed by atoms with van der Waals surface area (Å²) < 4.78 is 5.09. The lowest BCUT2D eigenvalue weighted by molar-refractivity contribution is -0.134. The van der Waals surface area contributed by atoms with Crippen molar-refractivity contribution in [2.45, 2.75) is 25.4 Å². The standard InChI is InChI=1S/C14H21N3O2/c1-19-10-9-17(11-12-5-2-3-7-15-12)14(18)13-6-4-8-16-13/h2-3,5,7,13,16H,4,6,8-11H2,1H3/t13-/m0/s1. The molecule has 19 heavy (non-hydrogen) atoms. The number of hydrogen-bond donors (Lipinski definition) is 1. The molecule has 1 saturated heterocycles. The smallest absolute Gasteiger partial charge is 0.240 e. The Kier molecular flexibility index (Phi) is 5.30. The minimum Gasteiger partial charge on any atom is -0.383 e. The van der Waals surface area contributed by atoms with Crippen LogP contribution in [-0.4, -0.2) is 48.6 Å². The van der Waals surface area contributed by atoms with Crippen LogP contribution in [0, 0.1) is 0 Å². The molecule has 0 unspecified atom stereocenters. The Morgan fingerprint density at radius 2 is 2.47 bits per heavy atom. The van der Waals surface area contributed by atoms with Crippen molar-refractivity contribution < 1.29 is 9.53 Å². The van der Waals surface area contributed by atoms with E-state index in [9.17, 15) is 4.79 Å². The second kappa shape index (κ2) is 7.21. The molecule has 1 amide bonds. The van der Waals surface area contributed by atoms with Gasteiger partial charge in [-0.25, -0.2) is 0 Å². The van der Waals surface area contributed by atoms with Crippen LogP contribution in [-0.2, 0) is 16.1 Å². The van der Waals surface area contributed by atoms with Crippen molar-refractivity contribution in [1.82, 2.24) is 15.2 Å². The fourth-order valence-corrected chi connectivity index (χ4v) is 2.27. The van der Waals surface area contributed by atoms with Crippen LogP contribution in [0.3, 0.4) is 0 Å². The van der Waals surface area contributed by atoms with Crippen molar-refractivity contribution in [2.75, 3.05) is 26.8 Å². The quantitative estimate of drug-likeness (QED) is 0.825. The van der Waals surface area contributed by atoms with Gasteiger partial charge < -0.3 is 15.0 Å². The summed E-state index contributed by atoms with van der Waals surface area (Å²) in [5.41, 5.74) is 0.907. The maximum absolute atomic E-state index is 12.4. The third-order valence-corrected chi connectivity index (χ3v) is 3.31. The minimum absolute atomic E-state index is 0.0411. The Balaban J connectivity index is 2.00. The third-order valence-electron chi connectivity index (χ3n) is 3.31. The fraction of sp³-hybridized carbons (Fsp3) is 0.571. The lowest BCUT2D eigenvalue weighted by atomic mass is 10.2. The van der Waals surface area contributed by atoms with Gasteiger partial charge in [0.2, 0.25) is 5.91 Å². The van der Waals surface area contributed by atoms with E-state index in [0.29, 0.717) is 19.7 Å². The normalized spacial score (nSPS) is 18.5. The summed E-state index contributed by atoms with van der Waals surface area (Å²) in [6.45, 7) is 2.62. The van der Waals surface area contributed by atoms with E-state index in [-0.39, 0.29) is 11.9 Å². The Morgan fingerprint density at radius 3 is 3.11 bits per heavy atom. The Hall–Kier alpha value is -1.46. The summed E-state index contributed by atoms with van der Waals surface area (Å²) in [7, 11) is 1.65. The average Bonchev–Trinajstić information content (AvgIpc) is 2.98. The summed E-state index contributed by atoms with van der Waals surface area (Å²) in [6.07, 6.45) is 3.74. The van der Waals surface area contributed by atoms with Crippen molar-refractivity contribution >= 4 is 5.91 Å². The molecule has 0 saturated carbocycles. The zero-order chi connectivity index (χ0) is 13.5. The predicted molar refractivity (Wildman–Crippen MR) is 72.6 cm³/mol. The van der Waals surface area contributed by atoms with Crippen LogP contribution in [0.4, 0.5) is 0 Å². The number of carbonyl (C=O) groups is 1. The number of hydrogen-bond acceptors (Lipinski definition) is 4. The summed E-state index contributed by atoms with van der Waals surface area (Å²) >= 11 is 0. The molecule has 0 radical (unpaired) electrons. The molecule has 1 aliphatic heterocycles. The molecule has 5 nitrogen and oxygen atoms in total. The van der Waals surface area contributed by atoms with Crippen molar-refractivity contribution in [3.05, 3.63) is 30.1 Å². The average molecular weight is 263 g/mol. The van der Waals surface area contributed by atoms with Gasteiger partial charge in [0.15, 0.2) is 0 Å². The minimum atomic E-state index is -0.0411. The number of rotatable bonds is 6. The van der Waals surface area contributed by atoms with Crippen molar-refractivity contribution in [1.29, 1.82) is 0 Å². The molecule has 1 aliphatic rings. The third kappa shape index (κ3) is 4.01. The summed E-state index contributed by atoms with van der Waals surface area (Å²) in [4.78, 5) is 18.5. The highest BCUT2D eigenvalue weighted by Gasteiger charge is 2.26. The molecular formula is C14H21N3O2. The van der Waals surface area contributed by atoms with Gasteiger partial charge in [0.1, 0.15) is 0 Å². The first-order valence-corrected chi connectivity index (χ1v) is 6.72. The molecular weight excluding hydrogens is 242 g/mol. The van der Waals surface area contributed by atoms with E-state index in [2.05, 4.69) is 10.3 Å². The zero-order valence-corrected chi connectivity index (χ0v) is 11.3. The number of ether oxygens (including phenoxy) is 1. The molecule has 0 spiro atoms. The van der Waals surface area contributed by atoms with E-state index in [4.69, 9.17) is 4.74 Å². The second-order valence-corrected chi connectivity index (χ2v) is 4.72. The maximum Gasteiger partial charge on any atom is 0.240 e. The SMILES string of the molecule is COCCN(Cc1ccccn1)C(=O)[C@@H]1CCCN1. The number of nitrogens with zero attached hydrogens (tertiary/aromatic N) is 2. The molecule has 5 heteroatoms. The Bertz CT molecular complexity index is 391. The highest BCUT2D eigenvalue weighted by Crippen LogP contribution is 2.11. The molecule has 1 aromatic heterocycles. The fourth-order valence-electron chi connectivity index (χ4n) is 2.27. The first kappa shape index (κ1) is 14.0. The van der Waals surface area contributed by atoms with Crippen LogP contribution in [0.15, 0.2) is 24.4 Å². The van der Waals surface area contributed by atoms with Crippen LogP contribution in [0.1, 0.15) is 18.5 Å². The lowest BCUT2D eigenvalue weighted by Crippen LogP contribution is -2.44. The van der Waals surface area contributed by atoms with Gasteiger partial charge >= 0.3 is 0 Å². The van der Waals surface area contributed by atoms with Crippen LogP contribution in [0.25, 0.3) is 0 Å². The van der Waals surface area contributed by atoms with E-state index in [1.54, 1.807) is 13.3 Å². The van der Waals surface area contributed by atoms with Gasteiger partial charge in [-0.2, -0.15) is 0 Å². The monoisotopic (exact) mass is 263 g/mol. The predicted octanol–water partition coefficient (Wildman–Crippen LogP) is 0.809. The van der Waals surface area contributed by atoms with Crippen LogP contribution in [0.2, 0.25) is 0 Å². The van der Waals surface area contributed by atoms with Gasteiger partial charge in [-0.1, -0.05) is 6.07 Å². The Labute approximate surface area is 114 Å². The van der Waals surface area contributed by atoms with Gasteiger partial charge in [0.25, 0.3) is 0 Å². The summed E-state index contributed by atoms with van der Waals surface area (Å²) in [6, 6.07) is 5.72. The van der Waals surface area contributed by atoms with E-state index < -0.39 is 0 Å². The number of carbonyl (C=O) groups excluding carboxylic acids is 1. The van der Waals surface area contributed by atoms with Crippen LogP contribution >= 0.6 is 0 Å². The van der Waals surface area contributed by atoms with E-state index in [0.717, 1.165) is 25.1 Å². The highest BCUT2D eigenvalue weighted by molar-refractivity contribution is 5.82. The van der Waals surface area contributed by atoms with Crippen LogP contribution < -0.4 is 5.32 Å². The largest absolute Gasteiger partial charge is 0.383 e. The lowest BCUT2D eigenvalue weighted by Gasteiger charge is -2.25. The van der Waals surface area contributed by atoms with Crippen molar-refractivity contribution in [3.8, 4) is 0 Å². The summed E-state index contributed by atoms with van der Waals surface area (Å²) in [5.74, 6) is 0.153. The topological polar surface area (TPSA) is 54.5 Å². The molecule has 1 aromatic rings. The highest BCUT2D eigenvalue weighted by atomic mass is 16.5. The van der Waals surface area contributed by atoms with Crippen molar-refractivity contribution in [3.63, 3.8) is 0 Å². The van der Waals surface area contributed by atoms with Gasteiger partial charge in [0.05, 0.1) is 24.9 Å². The molecule has 0 aliphatic carbocycles. The van der Waals surface area contributed by atoms with E-state index in [1.807, 2.05) is 23.1 Å². The summed E-state index contributed by atoms with van der Waals surface area (Å²) in [5, 5.41) is 3.25. The van der Waals surface area contributed by atoms with Crippen LogP contribution in [0.5, 0.6) is 0 Å². The molecule has 1 N–H and O–H groups in total.